The van der Waals surface area contributed by atoms with E-state index in [1.165, 1.54) is 0 Å². The van der Waals surface area contributed by atoms with E-state index in [2.05, 4.69) is 26.9 Å². The molecule has 2 saturated heterocycles. The van der Waals surface area contributed by atoms with Gasteiger partial charge in [-0.2, -0.15) is 0 Å². The number of amides is 1. The minimum Gasteiger partial charge on any atom is -0.338 e. The lowest BCUT2D eigenvalue weighted by Gasteiger charge is -2.34. The van der Waals surface area contributed by atoms with Crippen LogP contribution in [0.25, 0.3) is 0 Å². The molecule has 20 heavy (non-hydrogen) atoms. The Morgan fingerprint density at radius 3 is 2.50 bits per heavy atom. The molecule has 0 aromatic carbocycles. The number of hydrogen-bond acceptors (Lipinski definition) is 4. The Morgan fingerprint density at radius 2 is 1.85 bits per heavy atom. The van der Waals surface area contributed by atoms with E-state index in [1.54, 1.807) is 0 Å². The number of carbonyl (C=O) groups excluding carboxylic acids is 1. The van der Waals surface area contributed by atoms with Gasteiger partial charge in [0.05, 0.1) is 0 Å². The van der Waals surface area contributed by atoms with E-state index in [1.807, 2.05) is 7.05 Å². The highest BCUT2D eigenvalue weighted by molar-refractivity contribution is 5.77. The molecule has 1 atom stereocenters. The first kappa shape index (κ1) is 15.7. The van der Waals surface area contributed by atoms with E-state index in [-0.39, 0.29) is 0 Å². The van der Waals surface area contributed by atoms with E-state index < -0.39 is 0 Å². The van der Waals surface area contributed by atoms with Crippen LogP contribution >= 0.6 is 0 Å². The topological polar surface area (TPSA) is 38.8 Å². The summed E-state index contributed by atoms with van der Waals surface area (Å²) in [5.41, 5.74) is 0. The third-order valence-corrected chi connectivity index (χ3v) is 4.69. The monoisotopic (exact) mass is 282 g/mol. The van der Waals surface area contributed by atoms with Gasteiger partial charge in [0, 0.05) is 58.3 Å². The van der Waals surface area contributed by atoms with Crippen LogP contribution in [0, 0.1) is 0 Å². The summed E-state index contributed by atoms with van der Waals surface area (Å²) in [6, 6.07) is 0.421. The summed E-state index contributed by atoms with van der Waals surface area (Å²) in [7, 11) is 1.97. The van der Waals surface area contributed by atoms with Crippen molar-refractivity contribution in [2.24, 2.45) is 0 Å². The van der Waals surface area contributed by atoms with Crippen LogP contribution in [-0.4, -0.2) is 86.1 Å². The van der Waals surface area contributed by atoms with Crippen LogP contribution in [0.3, 0.4) is 0 Å². The molecule has 0 bridgehead atoms. The van der Waals surface area contributed by atoms with Gasteiger partial charge in [0.1, 0.15) is 0 Å². The van der Waals surface area contributed by atoms with E-state index in [0.29, 0.717) is 18.4 Å². The Balaban J connectivity index is 1.70. The number of likely N-dealkylation sites (N-methyl/N-ethyl adjacent to an activating group) is 2. The summed E-state index contributed by atoms with van der Waals surface area (Å²) in [6.07, 6.45) is 3.00. The molecule has 0 aliphatic carbocycles. The van der Waals surface area contributed by atoms with Crippen molar-refractivity contribution in [3.05, 3.63) is 0 Å². The Labute approximate surface area is 123 Å². The van der Waals surface area contributed by atoms with Gasteiger partial charge < -0.3 is 20.0 Å². The van der Waals surface area contributed by atoms with E-state index in [4.69, 9.17) is 0 Å². The summed E-state index contributed by atoms with van der Waals surface area (Å²) >= 11 is 0. The molecular formula is C15H30N4O. The van der Waals surface area contributed by atoms with Crippen molar-refractivity contribution in [1.82, 2.24) is 20.0 Å². The van der Waals surface area contributed by atoms with Crippen molar-refractivity contribution in [2.75, 3.05) is 59.4 Å². The predicted octanol–water partition coefficient (Wildman–Crippen LogP) is 0.224. The molecule has 0 saturated carbocycles. The Hall–Kier alpha value is -0.650. The van der Waals surface area contributed by atoms with E-state index >= 15 is 0 Å². The van der Waals surface area contributed by atoms with Gasteiger partial charge in [-0.15, -0.1) is 0 Å². The molecule has 0 aromatic heterocycles. The highest BCUT2D eigenvalue weighted by Crippen LogP contribution is 2.17. The van der Waals surface area contributed by atoms with Crippen molar-refractivity contribution in [3.8, 4) is 0 Å². The highest BCUT2D eigenvalue weighted by atomic mass is 16.2. The quantitative estimate of drug-likeness (QED) is 0.757. The first-order valence-electron chi connectivity index (χ1n) is 8.13. The second-order valence-corrected chi connectivity index (χ2v) is 5.97. The first-order valence-corrected chi connectivity index (χ1v) is 8.13. The molecule has 1 amide bonds. The van der Waals surface area contributed by atoms with Gasteiger partial charge in [-0.1, -0.05) is 6.92 Å². The Morgan fingerprint density at radius 1 is 1.15 bits per heavy atom. The number of nitrogens with zero attached hydrogens (tertiary/aromatic N) is 3. The van der Waals surface area contributed by atoms with Crippen molar-refractivity contribution >= 4 is 5.91 Å². The van der Waals surface area contributed by atoms with Crippen LogP contribution < -0.4 is 5.32 Å². The third-order valence-electron chi connectivity index (χ3n) is 4.69. The molecule has 0 aromatic rings. The van der Waals surface area contributed by atoms with Gasteiger partial charge in [0.15, 0.2) is 0 Å². The highest BCUT2D eigenvalue weighted by Gasteiger charge is 2.28. The van der Waals surface area contributed by atoms with Gasteiger partial charge in [-0.25, -0.2) is 0 Å². The zero-order chi connectivity index (χ0) is 14.4. The van der Waals surface area contributed by atoms with Crippen LogP contribution in [0.2, 0.25) is 0 Å². The van der Waals surface area contributed by atoms with Gasteiger partial charge in [0.2, 0.25) is 5.91 Å². The van der Waals surface area contributed by atoms with Crippen LogP contribution in [0.4, 0.5) is 0 Å². The molecule has 0 spiro atoms. The van der Waals surface area contributed by atoms with Crippen LogP contribution in [-0.2, 0) is 4.79 Å². The lowest BCUT2D eigenvalue weighted by molar-refractivity contribution is -0.132. The lowest BCUT2D eigenvalue weighted by atomic mass is 10.2. The molecule has 2 aliphatic rings. The molecule has 116 valence electrons. The number of rotatable bonds is 6. The number of likely N-dealkylation sites (tertiary alicyclic amines) is 1. The van der Waals surface area contributed by atoms with Crippen LogP contribution in [0.5, 0.6) is 0 Å². The number of carbonyl (C=O) groups is 1. The third kappa shape index (κ3) is 4.17. The average Bonchev–Trinajstić information content (AvgIpc) is 2.94. The Kier molecular flexibility index (Phi) is 6.26. The first-order chi connectivity index (χ1) is 9.74. The minimum absolute atomic E-state index is 0.348. The second-order valence-electron chi connectivity index (χ2n) is 5.97. The summed E-state index contributed by atoms with van der Waals surface area (Å²) in [5, 5.41) is 3.20. The fourth-order valence-electron chi connectivity index (χ4n) is 3.34. The SMILES string of the molecule is CCN1CCN(CCC(=O)N2CCCC2CNC)CC1. The van der Waals surface area contributed by atoms with Crippen LogP contribution in [0.1, 0.15) is 26.2 Å². The zero-order valence-corrected chi connectivity index (χ0v) is 13.1. The molecule has 5 nitrogen and oxygen atoms in total. The average molecular weight is 282 g/mol. The van der Waals surface area contributed by atoms with Crippen LogP contribution in [0.15, 0.2) is 0 Å². The van der Waals surface area contributed by atoms with Crippen molar-refractivity contribution < 1.29 is 4.79 Å². The smallest absolute Gasteiger partial charge is 0.224 e. The van der Waals surface area contributed by atoms with Gasteiger partial charge in [-0.05, 0) is 26.4 Å². The molecule has 2 rings (SSSR count). The maximum Gasteiger partial charge on any atom is 0.224 e. The maximum atomic E-state index is 12.4. The standard InChI is InChI=1S/C15H30N4O/c1-3-17-9-11-18(12-10-17)8-6-15(20)19-7-4-5-14(19)13-16-2/h14,16H,3-13H2,1-2H3. The van der Waals surface area contributed by atoms with Crippen molar-refractivity contribution in [1.29, 1.82) is 0 Å². The summed E-state index contributed by atoms with van der Waals surface area (Å²) in [4.78, 5) is 19.4. The maximum absolute atomic E-state index is 12.4. The normalized spacial score (nSPS) is 25.3. The molecule has 2 heterocycles. The number of piperazine rings is 1. The van der Waals surface area contributed by atoms with E-state index in [9.17, 15) is 4.79 Å². The summed E-state index contributed by atoms with van der Waals surface area (Å²) in [6.45, 7) is 10.7. The Bertz CT molecular complexity index is 302. The number of nitrogens with one attached hydrogen (secondary N) is 1. The fraction of sp³-hybridized carbons (Fsp3) is 0.933. The lowest BCUT2D eigenvalue weighted by Crippen LogP contribution is -2.47. The minimum atomic E-state index is 0.348. The van der Waals surface area contributed by atoms with Crippen molar-refractivity contribution in [2.45, 2.75) is 32.2 Å². The fourth-order valence-corrected chi connectivity index (χ4v) is 3.34. The number of hydrogen-bond donors (Lipinski definition) is 1. The molecule has 2 fully saturated rings. The molecular weight excluding hydrogens is 252 g/mol. The van der Waals surface area contributed by atoms with Gasteiger partial charge in [-0.3, -0.25) is 4.79 Å². The summed E-state index contributed by atoms with van der Waals surface area (Å²) < 4.78 is 0. The molecule has 5 heteroatoms. The predicted molar refractivity (Wildman–Crippen MR) is 81.8 cm³/mol. The van der Waals surface area contributed by atoms with Gasteiger partial charge >= 0.3 is 0 Å². The van der Waals surface area contributed by atoms with Crippen molar-refractivity contribution in [3.63, 3.8) is 0 Å². The molecule has 1 unspecified atom stereocenters. The molecule has 0 radical (unpaired) electrons. The largest absolute Gasteiger partial charge is 0.338 e. The molecule has 1 N–H and O–H groups in total. The summed E-state index contributed by atoms with van der Waals surface area (Å²) in [5.74, 6) is 0.348. The van der Waals surface area contributed by atoms with Gasteiger partial charge in [0.25, 0.3) is 0 Å². The molecule has 2 aliphatic heterocycles. The van der Waals surface area contributed by atoms with E-state index in [0.717, 1.165) is 65.2 Å². The second kappa shape index (κ2) is 7.96. The zero-order valence-electron chi connectivity index (χ0n) is 13.1.